The molecule has 20 nitrogen and oxygen atoms in total. The second-order valence-electron chi connectivity index (χ2n) is 14.8. The molecule has 0 heterocycles. The number of aromatic hydroxyl groups is 4. The quantitative estimate of drug-likeness (QED) is 0.0441. The van der Waals surface area contributed by atoms with Gasteiger partial charge in [-0.25, -0.2) is 0 Å². The molecule has 0 saturated carbocycles. The molecule has 0 unspecified atom stereocenters. The number of benzene rings is 8. The summed E-state index contributed by atoms with van der Waals surface area (Å²) in [7, 11) is -19.8. The molecule has 8 N–H and O–H groups in total. The summed E-state index contributed by atoms with van der Waals surface area (Å²) in [5.74, 6) is -3.51. The Morgan fingerprint density at radius 3 is 0.838 bits per heavy atom. The van der Waals surface area contributed by atoms with Gasteiger partial charge in [-0.1, -0.05) is 72.8 Å². The molecular weight excluding hydrogens is 969 g/mol. The van der Waals surface area contributed by atoms with E-state index in [2.05, 4.69) is 20.5 Å². The SMILES string of the molecule is O=S(=O)(O)c1cc(O)c2c(O)c(N=Nc3ccc(-c4ccc(-c5ccc(-c6ccc(N=Nc7c(S(=O)(=O)O)cc8cc(S(=O)(=O)O)cc(O)c8c7O)cc6)cc5)cc4)cc3)c(S(=O)(=O)O)cc2c1. The predicted molar refractivity (Wildman–Crippen MR) is 245 cm³/mol. The molecule has 0 atom stereocenters. The monoisotopic (exact) mass is 998 g/mol. The number of hydrogen-bond donors (Lipinski definition) is 8. The van der Waals surface area contributed by atoms with E-state index < -0.39 is 105 Å². The summed E-state index contributed by atoms with van der Waals surface area (Å²) in [6, 6.07) is 32.6. The topological polar surface area (TPSA) is 348 Å². The summed E-state index contributed by atoms with van der Waals surface area (Å²) in [4.78, 5) is -3.48. The van der Waals surface area contributed by atoms with Crippen LogP contribution in [-0.4, -0.2) is 72.3 Å². The molecule has 0 fully saturated rings. The molecule has 24 heteroatoms. The summed E-state index contributed by atoms with van der Waals surface area (Å²) in [6.45, 7) is 0. The van der Waals surface area contributed by atoms with Crippen LogP contribution in [-0.2, 0) is 40.5 Å². The number of nitrogens with zero attached hydrogens (tertiary/aromatic N) is 4. The summed E-state index contributed by atoms with van der Waals surface area (Å²) in [5, 5.41) is 56.7. The van der Waals surface area contributed by atoms with Crippen LogP contribution in [0.4, 0.5) is 22.7 Å². The summed E-state index contributed by atoms with van der Waals surface area (Å²) < 4.78 is 134. The molecule has 0 spiro atoms. The minimum atomic E-state index is -5.08. The van der Waals surface area contributed by atoms with E-state index in [4.69, 9.17) is 0 Å². The zero-order valence-corrected chi connectivity index (χ0v) is 37.2. The zero-order chi connectivity index (χ0) is 49.1. The van der Waals surface area contributed by atoms with Crippen molar-refractivity contribution in [2.45, 2.75) is 19.6 Å². The average Bonchev–Trinajstić information content (AvgIpc) is 3.27. The van der Waals surface area contributed by atoms with Crippen molar-refractivity contribution in [3.63, 3.8) is 0 Å². The second-order valence-corrected chi connectivity index (χ2v) is 20.4. The number of hydrogen-bond acceptors (Lipinski definition) is 16. The fourth-order valence-corrected chi connectivity index (χ4v) is 9.52. The van der Waals surface area contributed by atoms with Gasteiger partial charge < -0.3 is 20.4 Å². The van der Waals surface area contributed by atoms with Crippen molar-refractivity contribution in [1.82, 2.24) is 0 Å². The zero-order valence-electron chi connectivity index (χ0n) is 34.0. The van der Waals surface area contributed by atoms with Crippen LogP contribution in [0.2, 0.25) is 0 Å². The van der Waals surface area contributed by atoms with Crippen molar-refractivity contribution in [1.29, 1.82) is 0 Å². The van der Waals surface area contributed by atoms with Crippen LogP contribution in [0.3, 0.4) is 0 Å². The minimum absolute atomic E-state index is 0.205. The molecule has 68 heavy (non-hydrogen) atoms. The van der Waals surface area contributed by atoms with Gasteiger partial charge in [-0.15, -0.1) is 10.2 Å². The fourth-order valence-electron chi connectivity index (χ4n) is 7.13. The molecule has 0 amide bonds. The molecule has 0 bridgehead atoms. The molecule has 0 aliphatic rings. The van der Waals surface area contributed by atoms with Gasteiger partial charge in [0.15, 0.2) is 11.5 Å². The van der Waals surface area contributed by atoms with E-state index in [0.717, 1.165) is 57.6 Å². The van der Waals surface area contributed by atoms with Crippen LogP contribution in [0.25, 0.3) is 54.9 Å². The third-order valence-corrected chi connectivity index (χ3v) is 13.8. The smallest absolute Gasteiger partial charge is 0.296 e. The Balaban J connectivity index is 0.968. The minimum Gasteiger partial charge on any atom is -0.507 e. The molecule has 0 radical (unpaired) electrons. The second kappa shape index (κ2) is 17.2. The largest absolute Gasteiger partial charge is 0.507 e. The molecule has 8 aromatic rings. The lowest BCUT2D eigenvalue weighted by atomic mass is 9.98. The van der Waals surface area contributed by atoms with Gasteiger partial charge in [-0.05, 0) is 92.7 Å². The van der Waals surface area contributed by atoms with Gasteiger partial charge in [-0.3, -0.25) is 18.2 Å². The Bertz CT molecular complexity index is 3650. The van der Waals surface area contributed by atoms with Gasteiger partial charge in [0.05, 0.1) is 31.9 Å². The van der Waals surface area contributed by atoms with Crippen LogP contribution in [0, 0.1) is 0 Å². The average molecular weight is 999 g/mol. The van der Waals surface area contributed by atoms with E-state index >= 15 is 0 Å². The Hall–Kier alpha value is -7.68. The van der Waals surface area contributed by atoms with Crippen LogP contribution < -0.4 is 0 Å². The van der Waals surface area contributed by atoms with Crippen LogP contribution in [0.5, 0.6) is 23.0 Å². The number of fused-ring (bicyclic) bond motifs is 2. The maximum Gasteiger partial charge on any atom is 0.296 e. The lowest BCUT2D eigenvalue weighted by molar-refractivity contribution is 0.457. The van der Waals surface area contributed by atoms with E-state index in [1.54, 1.807) is 48.5 Å². The summed E-state index contributed by atoms with van der Waals surface area (Å²) in [5.41, 5.74) is 3.89. The van der Waals surface area contributed by atoms with Crippen molar-refractivity contribution >= 4 is 84.8 Å². The highest BCUT2D eigenvalue weighted by Gasteiger charge is 2.27. The highest BCUT2D eigenvalue weighted by Crippen LogP contribution is 2.47. The highest BCUT2D eigenvalue weighted by molar-refractivity contribution is 7.86. The molecule has 0 aromatic heterocycles. The molecule has 0 aliphatic heterocycles. The molecule has 8 aromatic carbocycles. The van der Waals surface area contributed by atoms with Gasteiger partial charge in [0, 0.05) is 12.1 Å². The normalized spacial score (nSPS) is 12.7. The standard InChI is InChI=1S/C44H30N4O16S4/c49-35-21-33(65(53,54)55)17-29-19-37(67(59,60)61)41(43(51)39(29)35)47-45-31-13-9-27(10-14-31)25-5-1-23(2-6-25)24-3-7-26(8-4-24)28-11-15-32(16-12-28)46-48-42-38(68(62,63)64)20-30-18-34(66(56,57)58)22-36(50)40(30)44(42)52/h1-22,49-52H,(H,53,54,55)(H,56,57,58)(H,59,60,61)(H,62,63,64). The maximum atomic E-state index is 12.2. The van der Waals surface area contributed by atoms with Crippen molar-refractivity contribution in [2.75, 3.05) is 0 Å². The number of rotatable bonds is 11. The third kappa shape index (κ3) is 9.46. The summed E-state index contributed by atoms with van der Waals surface area (Å²) >= 11 is 0. The van der Waals surface area contributed by atoms with Gasteiger partial charge in [-0.2, -0.15) is 43.9 Å². The fraction of sp³-hybridized carbons (Fsp3) is 0. The van der Waals surface area contributed by atoms with E-state index in [1.165, 1.54) is 0 Å². The molecule has 346 valence electrons. The third-order valence-electron chi connectivity index (χ3n) is 10.4. The van der Waals surface area contributed by atoms with Gasteiger partial charge in [0.25, 0.3) is 40.5 Å². The Morgan fingerprint density at radius 1 is 0.324 bits per heavy atom. The lowest BCUT2D eigenvalue weighted by Gasteiger charge is -2.11. The first-order valence-electron chi connectivity index (χ1n) is 19.1. The Morgan fingerprint density at radius 2 is 0.588 bits per heavy atom. The van der Waals surface area contributed by atoms with E-state index in [9.17, 15) is 72.3 Å². The first-order valence-corrected chi connectivity index (χ1v) is 24.8. The van der Waals surface area contributed by atoms with Crippen molar-refractivity contribution in [3.05, 3.63) is 133 Å². The number of azo groups is 2. The predicted octanol–water partition coefficient (Wildman–Crippen LogP) is 9.63. The van der Waals surface area contributed by atoms with Crippen molar-refractivity contribution < 1.29 is 72.3 Å². The van der Waals surface area contributed by atoms with Gasteiger partial charge in [0.2, 0.25) is 0 Å². The maximum absolute atomic E-state index is 12.2. The van der Waals surface area contributed by atoms with Crippen LogP contribution >= 0.6 is 0 Å². The Kier molecular flexibility index (Phi) is 11.8. The van der Waals surface area contributed by atoms with Crippen LogP contribution in [0.15, 0.2) is 173 Å². The first-order chi connectivity index (χ1) is 31.9. The number of phenolic OH excluding ortho intramolecular Hbond substituents is 4. The Labute approximate surface area is 385 Å². The van der Waals surface area contributed by atoms with Gasteiger partial charge in [0.1, 0.15) is 32.7 Å². The molecule has 0 saturated heterocycles. The van der Waals surface area contributed by atoms with Crippen LogP contribution in [0.1, 0.15) is 0 Å². The summed E-state index contributed by atoms with van der Waals surface area (Å²) in [6.07, 6.45) is 0. The van der Waals surface area contributed by atoms with Crippen molar-refractivity contribution in [3.8, 4) is 56.4 Å². The molecule has 8 rings (SSSR count). The van der Waals surface area contributed by atoms with Gasteiger partial charge >= 0.3 is 0 Å². The number of phenols is 4. The van der Waals surface area contributed by atoms with E-state index in [0.29, 0.717) is 12.1 Å². The van der Waals surface area contributed by atoms with E-state index in [1.807, 2.05) is 48.5 Å². The molecule has 0 aliphatic carbocycles. The van der Waals surface area contributed by atoms with Crippen molar-refractivity contribution in [2.24, 2.45) is 20.5 Å². The highest BCUT2D eigenvalue weighted by atomic mass is 32.2. The first kappa shape index (κ1) is 46.8. The lowest BCUT2D eigenvalue weighted by Crippen LogP contribution is -2.01. The van der Waals surface area contributed by atoms with E-state index in [-0.39, 0.29) is 22.1 Å². The molecular formula is C44H30N4O16S4.